The van der Waals surface area contributed by atoms with Crippen LogP contribution in [-0.2, 0) is 11.3 Å². The SMILES string of the molecule is COc1cc2[nH]c(C)c(C(=O)C(=O)N3CCCC3)c2cc1C(=O)N1C[C@H](C)N(Cc2ccc(F)cc2)CC1C. The predicted molar refractivity (Wildman–Crippen MR) is 147 cm³/mol. The van der Waals surface area contributed by atoms with Gasteiger partial charge in [0.1, 0.15) is 11.6 Å². The van der Waals surface area contributed by atoms with Crippen LogP contribution >= 0.6 is 0 Å². The summed E-state index contributed by atoms with van der Waals surface area (Å²) in [5, 5.41) is 0.546. The van der Waals surface area contributed by atoms with E-state index in [0.717, 1.165) is 18.4 Å². The third-order valence-corrected chi connectivity index (χ3v) is 8.03. The molecule has 2 atom stereocenters. The number of piperazine rings is 1. The van der Waals surface area contributed by atoms with E-state index in [9.17, 15) is 18.8 Å². The fourth-order valence-electron chi connectivity index (χ4n) is 5.84. The number of nitrogens with zero attached hydrogens (tertiary/aromatic N) is 3. The van der Waals surface area contributed by atoms with Gasteiger partial charge in [-0.2, -0.15) is 0 Å². The number of ether oxygens (including phenoxy) is 1. The monoisotopic (exact) mass is 534 g/mol. The van der Waals surface area contributed by atoms with Gasteiger partial charge in [-0.3, -0.25) is 19.3 Å². The Balaban J connectivity index is 1.42. The van der Waals surface area contributed by atoms with Crippen LogP contribution in [0.4, 0.5) is 4.39 Å². The molecule has 0 bridgehead atoms. The van der Waals surface area contributed by atoms with Crippen LogP contribution in [0.5, 0.6) is 5.75 Å². The van der Waals surface area contributed by atoms with Crippen LogP contribution in [0.3, 0.4) is 0 Å². The lowest BCUT2D eigenvalue weighted by atomic mass is 10.0. The van der Waals surface area contributed by atoms with E-state index in [-0.39, 0.29) is 23.8 Å². The van der Waals surface area contributed by atoms with E-state index >= 15 is 0 Å². The number of amides is 2. The van der Waals surface area contributed by atoms with Crippen molar-refractivity contribution < 1.29 is 23.5 Å². The molecule has 3 aromatic rings. The number of ketones is 1. The Morgan fingerprint density at radius 1 is 1.03 bits per heavy atom. The van der Waals surface area contributed by atoms with E-state index in [0.29, 0.717) is 66.2 Å². The summed E-state index contributed by atoms with van der Waals surface area (Å²) in [7, 11) is 1.52. The van der Waals surface area contributed by atoms with Crippen LogP contribution in [0.2, 0.25) is 0 Å². The molecule has 3 heterocycles. The average Bonchev–Trinajstić information content (AvgIpc) is 3.57. The molecule has 8 nitrogen and oxygen atoms in total. The van der Waals surface area contributed by atoms with Gasteiger partial charge in [-0.05, 0) is 57.4 Å². The summed E-state index contributed by atoms with van der Waals surface area (Å²) >= 11 is 0. The maximum Gasteiger partial charge on any atom is 0.295 e. The van der Waals surface area contributed by atoms with Crippen molar-refractivity contribution in [2.45, 2.75) is 52.2 Å². The lowest BCUT2D eigenvalue weighted by Gasteiger charge is -2.44. The van der Waals surface area contributed by atoms with Crippen LogP contribution in [0.25, 0.3) is 10.9 Å². The third kappa shape index (κ3) is 5.15. The van der Waals surface area contributed by atoms with Gasteiger partial charge in [-0.25, -0.2) is 4.39 Å². The Labute approximate surface area is 227 Å². The van der Waals surface area contributed by atoms with E-state index in [2.05, 4.69) is 16.8 Å². The standard InChI is InChI=1S/C30H35FN4O4/c1-18-16-35(19(2)15-34(18)17-21-7-9-22(31)10-8-21)29(37)24-13-23-25(14-26(24)39-4)32-20(3)27(23)28(36)30(38)33-11-5-6-12-33/h7-10,13-14,18-19,32H,5-6,11-12,15-17H2,1-4H3/t18-,19?/m0/s1. The summed E-state index contributed by atoms with van der Waals surface area (Å²) in [6.07, 6.45) is 1.80. The Morgan fingerprint density at radius 3 is 2.38 bits per heavy atom. The number of carbonyl (C=O) groups excluding carboxylic acids is 3. The number of methoxy groups -OCH3 is 1. The zero-order chi connectivity index (χ0) is 27.8. The highest BCUT2D eigenvalue weighted by atomic mass is 19.1. The Hall–Kier alpha value is -3.72. The van der Waals surface area contributed by atoms with Gasteiger partial charge < -0.3 is 19.5 Å². The van der Waals surface area contributed by atoms with Gasteiger partial charge in [0.25, 0.3) is 17.6 Å². The number of rotatable bonds is 6. The van der Waals surface area contributed by atoms with Crippen molar-refractivity contribution in [3.05, 3.63) is 64.6 Å². The van der Waals surface area contributed by atoms with E-state index in [1.54, 1.807) is 36.1 Å². The van der Waals surface area contributed by atoms with Gasteiger partial charge >= 0.3 is 0 Å². The molecule has 0 saturated carbocycles. The highest BCUT2D eigenvalue weighted by Gasteiger charge is 2.35. The molecule has 2 saturated heterocycles. The van der Waals surface area contributed by atoms with Crippen LogP contribution in [0.1, 0.15) is 58.7 Å². The normalized spacial score (nSPS) is 20.0. The van der Waals surface area contributed by atoms with Gasteiger partial charge in [0.15, 0.2) is 0 Å². The molecular weight excluding hydrogens is 499 g/mol. The van der Waals surface area contributed by atoms with Crippen molar-refractivity contribution in [3.8, 4) is 5.75 Å². The number of halogens is 1. The topological polar surface area (TPSA) is 85.9 Å². The minimum Gasteiger partial charge on any atom is -0.496 e. The highest BCUT2D eigenvalue weighted by molar-refractivity contribution is 6.45. The number of aromatic amines is 1. The molecule has 1 unspecified atom stereocenters. The van der Waals surface area contributed by atoms with Crippen molar-refractivity contribution in [3.63, 3.8) is 0 Å². The van der Waals surface area contributed by atoms with Crippen LogP contribution in [0, 0.1) is 12.7 Å². The smallest absolute Gasteiger partial charge is 0.295 e. The number of Topliss-reactive ketones (excluding diaryl/α,β-unsaturated/α-hetero) is 1. The summed E-state index contributed by atoms with van der Waals surface area (Å²) in [6.45, 7) is 8.87. The highest BCUT2D eigenvalue weighted by Crippen LogP contribution is 2.32. The number of fused-ring (bicyclic) bond motifs is 1. The Kier molecular flexibility index (Phi) is 7.44. The first-order chi connectivity index (χ1) is 18.7. The van der Waals surface area contributed by atoms with Crippen LogP contribution in [-0.4, -0.2) is 82.7 Å². The summed E-state index contributed by atoms with van der Waals surface area (Å²) in [5.74, 6) is -1.09. The quantitative estimate of drug-likeness (QED) is 0.379. The van der Waals surface area contributed by atoms with E-state index in [1.165, 1.54) is 19.2 Å². The zero-order valence-electron chi connectivity index (χ0n) is 22.9. The Bertz CT molecular complexity index is 1410. The van der Waals surface area contributed by atoms with E-state index in [1.807, 2.05) is 11.8 Å². The molecule has 2 aliphatic rings. The molecule has 2 amide bonds. The second-order valence-corrected chi connectivity index (χ2v) is 10.8. The largest absolute Gasteiger partial charge is 0.496 e. The van der Waals surface area contributed by atoms with Crippen molar-refractivity contribution in [2.24, 2.45) is 0 Å². The number of hydrogen-bond acceptors (Lipinski definition) is 5. The average molecular weight is 535 g/mol. The summed E-state index contributed by atoms with van der Waals surface area (Å²) < 4.78 is 18.9. The molecule has 1 aromatic heterocycles. The van der Waals surface area contributed by atoms with Crippen LogP contribution < -0.4 is 4.74 Å². The minimum absolute atomic E-state index is 0.0784. The molecule has 2 aromatic carbocycles. The predicted octanol–water partition coefficient (Wildman–Crippen LogP) is 4.16. The zero-order valence-corrected chi connectivity index (χ0v) is 22.9. The van der Waals surface area contributed by atoms with Gasteiger partial charge in [0, 0.05) is 62.0 Å². The molecular formula is C30H35FN4O4. The van der Waals surface area contributed by atoms with Crippen LogP contribution in [0.15, 0.2) is 36.4 Å². The number of H-pyrrole nitrogens is 1. The second kappa shape index (κ2) is 10.8. The fourth-order valence-corrected chi connectivity index (χ4v) is 5.84. The molecule has 2 aliphatic heterocycles. The van der Waals surface area contributed by atoms with Gasteiger partial charge in [-0.1, -0.05) is 12.1 Å². The molecule has 2 fully saturated rings. The number of likely N-dealkylation sites (tertiary alicyclic amines) is 1. The molecule has 0 spiro atoms. The molecule has 0 radical (unpaired) electrons. The maximum absolute atomic E-state index is 13.9. The molecule has 9 heteroatoms. The lowest BCUT2D eigenvalue weighted by Crippen LogP contribution is -2.57. The maximum atomic E-state index is 13.9. The number of aryl methyl sites for hydroxylation is 1. The molecule has 1 N–H and O–H groups in total. The lowest BCUT2D eigenvalue weighted by molar-refractivity contribution is -0.125. The summed E-state index contributed by atoms with van der Waals surface area (Å²) in [4.78, 5) is 49.1. The number of hydrogen-bond donors (Lipinski definition) is 1. The minimum atomic E-state index is -0.555. The van der Waals surface area contributed by atoms with Gasteiger partial charge in [0.2, 0.25) is 0 Å². The summed E-state index contributed by atoms with van der Waals surface area (Å²) in [5.41, 5.74) is 2.92. The number of carbonyl (C=O) groups is 3. The fraction of sp³-hybridized carbons (Fsp3) is 0.433. The van der Waals surface area contributed by atoms with Crippen molar-refractivity contribution in [1.29, 1.82) is 0 Å². The summed E-state index contributed by atoms with van der Waals surface area (Å²) in [6, 6.07) is 9.92. The number of nitrogens with one attached hydrogen (secondary N) is 1. The van der Waals surface area contributed by atoms with Crippen molar-refractivity contribution in [1.82, 2.24) is 19.7 Å². The molecule has 206 valence electrons. The van der Waals surface area contributed by atoms with E-state index < -0.39 is 11.7 Å². The first kappa shape index (κ1) is 26.9. The number of aromatic nitrogens is 1. The third-order valence-electron chi connectivity index (χ3n) is 8.03. The van der Waals surface area contributed by atoms with Gasteiger partial charge in [-0.15, -0.1) is 0 Å². The molecule has 0 aliphatic carbocycles. The van der Waals surface area contributed by atoms with Gasteiger partial charge in [0.05, 0.1) is 23.8 Å². The van der Waals surface area contributed by atoms with Crippen molar-refractivity contribution >= 4 is 28.5 Å². The first-order valence-corrected chi connectivity index (χ1v) is 13.5. The van der Waals surface area contributed by atoms with E-state index in [4.69, 9.17) is 4.74 Å². The van der Waals surface area contributed by atoms with Crippen molar-refractivity contribution in [2.75, 3.05) is 33.3 Å². The second-order valence-electron chi connectivity index (χ2n) is 10.8. The molecule has 39 heavy (non-hydrogen) atoms. The molecule has 5 rings (SSSR count). The first-order valence-electron chi connectivity index (χ1n) is 13.5. The Morgan fingerprint density at radius 2 is 1.72 bits per heavy atom. The number of benzene rings is 2.